The minimum atomic E-state index is -0.479. The molecule has 1 atom stereocenters. The number of amides is 2. The first-order chi connectivity index (χ1) is 16.0. The Kier molecular flexibility index (Phi) is 7.59. The van der Waals surface area contributed by atoms with Gasteiger partial charge in [-0.3, -0.25) is 9.59 Å². The van der Waals surface area contributed by atoms with Crippen molar-refractivity contribution in [2.75, 3.05) is 27.8 Å². The highest BCUT2D eigenvalue weighted by atomic mass is 19.1. The van der Waals surface area contributed by atoms with Gasteiger partial charge in [-0.2, -0.15) is 5.10 Å². The largest absolute Gasteiger partial charge is 0.493 e. The molecule has 0 unspecified atom stereocenters. The molecule has 8 heteroatoms. The van der Waals surface area contributed by atoms with E-state index in [0.29, 0.717) is 35.6 Å². The van der Waals surface area contributed by atoms with Crippen LogP contribution in [0.5, 0.6) is 11.5 Å². The molecular formula is C26H32FN3O4. The molecule has 3 rings (SSSR count). The molecule has 0 aliphatic carbocycles. The number of benzene rings is 2. The van der Waals surface area contributed by atoms with Crippen LogP contribution in [0.25, 0.3) is 0 Å². The van der Waals surface area contributed by atoms with Crippen LogP contribution in [0.2, 0.25) is 0 Å². The standard InChI is InChI=1S/C26H32FN3O4/c1-26(2,3)15-24(31)29(4)16-25(32)30-21(17-11-12-22(33-5)23(13-17)34-6)14-20(28-30)18-9-7-8-10-19(18)27/h7-13,21H,14-16H2,1-6H3/t21-/m1/s1. The van der Waals surface area contributed by atoms with Crippen molar-refractivity contribution < 1.29 is 23.5 Å². The smallest absolute Gasteiger partial charge is 0.262 e. The van der Waals surface area contributed by atoms with Crippen molar-refractivity contribution >= 4 is 17.5 Å². The lowest BCUT2D eigenvalue weighted by Gasteiger charge is -2.27. The third kappa shape index (κ3) is 5.73. The van der Waals surface area contributed by atoms with Crippen molar-refractivity contribution in [1.29, 1.82) is 0 Å². The van der Waals surface area contributed by atoms with E-state index in [4.69, 9.17) is 9.47 Å². The molecule has 0 saturated heterocycles. The van der Waals surface area contributed by atoms with E-state index in [9.17, 15) is 14.0 Å². The second kappa shape index (κ2) is 10.2. The summed E-state index contributed by atoms with van der Waals surface area (Å²) < 4.78 is 25.3. The Balaban J connectivity index is 1.93. The van der Waals surface area contributed by atoms with E-state index in [1.165, 1.54) is 23.1 Å². The van der Waals surface area contributed by atoms with E-state index >= 15 is 0 Å². The Bertz CT molecular complexity index is 1090. The number of ether oxygens (including phenoxy) is 2. The van der Waals surface area contributed by atoms with Gasteiger partial charge < -0.3 is 14.4 Å². The lowest BCUT2D eigenvalue weighted by molar-refractivity contribution is -0.141. The van der Waals surface area contributed by atoms with E-state index in [-0.39, 0.29) is 23.8 Å². The topological polar surface area (TPSA) is 71.4 Å². The van der Waals surface area contributed by atoms with Gasteiger partial charge in [0.05, 0.1) is 26.0 Å². The van der Waals surface area contributed by atoms with Crippen molar-refractivity contribution in [1.82, 2.24) is 9.91 Å². The molecule has 1 aliphatic rings. The molecule has 0 N–H and O–H groups in total. The fourth-order valence-corrected chi connectivity index (χ4v) is 3.87. The lowest BCUT2D eigenvalue weighted by Crippen LogP contribution is -2.40. The van der Waals surface area contributed by atoms with Crippen molar-refractivity contribution in [3.63, 3.8) is 0 Å². The molecular weight excluding hydrogens is 437 g/mol. The summed E-state index contributed by atoms with van der Waals surface area (Å²) in [5.74, 6) is 0.199. The van der Waals surface area contributed by atoms with Crippen LogP contribution in [0.15, 0.2) is 47.6 Å². The molecule has 1 aliphatic heterocycles. The zero-order chi connectivity index (χ0) is 25.0. The third-order valence-corrected chi connectivity index (χ3v) is 5.62. The Morgan fingerprint density at radius 2 is 1.79 bits per heavy atom. The molecule has 0 radical (unpaired) electrons. The van der Waals surface area contributed by atoms with Crippen LogP contribution in [-0.2, 0) is 9.59 Å². The van der Waals surface area contributed by atoms with Gasteiger partial charge in [0.2, 0.25) is 5.91 Å². The molecule has 2 aromatic rings. The van der Waals surface area contributed by atoms with Gasteiger partial charge in [0.25, 0.3) is 5.91 Å². The summed E-state index contributed by atoms with van der Waals surface area (Å²) in [5.41, 5.74) is 1.39. The normalized spacial score (nSPS) is 15.7. The average molecular weight is 470 g/mol. The van der Waals surface area contributed by atoms with Gasteiger partial charge >= 0.3 is 0 Å². The second-order valence-corrected chi connectivity index (χ2v) is 9.59. The summed E-state index contributed by atoms with van der Waals surface area (Å²) in [6.07, 6.45) is 0.640. The number of hydrogen-bond donors (Lipinski definition) is 0. The minimum absolute atomic E-state index is 0.124. The number of methoxy groups -OCH3 is 2. The Morgan fingerprint density at radius 3 is 2.41 bits per heavy atom. The highest BCUT2D eigenvalue weighted by Crippen LogP contribution is 2.37. The molecule has 0 fully saturated rings. The number of rotatable bonds is 7. The van der Waals surface area contributed by atoms with E-state index in [1.54, 1.807) is 44.5 Å². The van der Waals surface area contributed by atoms with Crippen LogP contribution >= 0.6 is 0 Å². The van der Waals surface area contributed by atoms with Crippen LogP contribution in [0.1, 0.15) is 50.8 Å². The summed E-state index contributed by atoms with van der Waals surface area (Å²) in [5, 5.41) is 5.86. The number of carbonyl (C=O) groups is 2. The quantitative estimate of drug-likeness (QED) is 0.602. The molecule has 1 heterocycles. The van der Waals surface area contributed by atoms with Gasteiger partial charge in [-0.05, 0) is 29.2 Å². The van der Waals surface area contributed by atoms with Gasteiger partial charge in [0.15, 0.2) is 11.5 Å². The third-order valence-electron chi connectivity index (χ3n) is 5.62. The van der Waals surface area contributed by atoms with Gasteiger partial charge in [0.1, 0.15) is 12.4 Å². The van der Waals surface area contributed by atoms with E-state index in [2.05, 4.69) is 5.10 Å². The van der Waals surface area contributed by atoms with Crippen molar-refractivity contribution in [3.05, 3.63) is 59.4 Å². The maximum atomic E-state index is 14.5. The van der Waals surface area contributed by atoms with Crippen LogP contribution in [0.4, 0.5) is 4.39 Å². The Labute approximate surface area is 200 Å². The van der Waals surface area contributed by atoms with E-state index in [0.717, 1.165) is 5.56 Å². The summed E-state index contributed by atoms with van der Waals surface area (Å²) in [6.45, 7) is 5.78. The van der Waals surface area contributed by atoms with Crippen LogP contribution in [0.3, 0.4) is 0 Å². The lowest BCUT2D eigenvalue weighted by atomic mass is 9.92. The summed E-state index contributed by atoms with van der Waals surface area (Å²) >= 11 is 0. The molecule has 2 aromatic carbocycles. The monoisotopic (exact) mass is 469 g/mol. The highest BCUT2D eigenvalue weighted by Gasteiger charge is 2.35. The van der Waals surface area contributed by atoms with Gasteiger partial charge in [0, 0.05) is 25.5 Å². The molecule has 7 nitrogen and oxygen atoms in total. The highest BCUT2D eigenvalue weighted by molar-refractivity contribution is 6.03. The number of halogens is 1. The van der Waals surface area contributed by atoms with Crippen molar-refractivity contribution in [3.8, 4) is 11.5 Å². The number of hydrogen-bond acceptors (Lipinski definition) is 5. The minimum Gasteiger partial charge on any atom is -0.493 e. The van der Waals surface area contributed by atoms with Crippen molar-refractivity contribution in [2.45, 2.75) is 39.7 Å². The average Bonchev–Trinajstić information content (AvgIpc) is 3.23. The maximum absolute atomic E-state index is 14.5. The summed E-state index contributed by atoms with van der Waals surface area (Å²) in [7, 11) is 4.69. The zero-order valence-electron chi connectivity index (χ0n) is 20.6. The molecule has 0 aromatic heterocycles. The maximum Gasteiger partial charge on any atom is 0.262 e. The van der Waals surface area contributed by atoms with E-state index < -0.39 is 11.9 Å². The van der Waals surface area contributed by atoms with Gasteiger partial charge in [-0.25, -0.2) is 9.40 Å². The molecule has 0 spiro atoms. The van der Waals surface area contributed by atoms with Gasteiger partial charge in [-0.15, -0.1) is 0 Å². The molecule has 0 bridgehead atoms. The summed E-state index contributed by atoms with van der Waals surface area (Å²) in [4.78, 5) is 27.3. The molecule has 2 amide bonds. The molecule has 34 heavy (non-hydrogen) atoms. The fourth-order valence-electron chi connectivity index (χ4n) is 3.87. The summed E-state index contributed by atoms with van der Waals surface area (Å²) in [6, 6.07) is 11.3. The Hall–Kier alpha value is -3.42. The van der Waals surface area contributed by atoms with Crippen LogP contribution in [0, 0.1) is 11.2 Å². The first-order valence-electron chi connectivity index (χ1n) is 11.1. The van der Waals surface area contributed by atoms with Crippen molar-refractivity contribution in [2.24, 2.45) is 10.5 Å². The predicted molar refractivity (Wildman–Crippen MR) is 128 cm³/mol. The first-order valence-corrected chi connectivity index (χ1v) is 11.1. The number of nitrogens with zero attached hydrogens (tertiary/aromatic N) is 3. The van der Waals surface area contributed by atoms with E-state index in [1.807, 2.05) is 26.8 Å². The van der Waals surface area contributed by atoms with Crippen LogP contribution in [-0.4, -0.2) is 55.2 Å². The number of carbonyl (C=O) groups excluding carboxylic acids is 2. The number of hydrazone groups is 1. The fraction of sp³-hybridized carbons (Fsp3) is 0.423. The van der Waals surface area contributed by atoms with Crippen LogP contribution < -0.4 is 9.47 Å². The predicted octanol–water partition coefficient (Wildman–Crippen LogP) is 4.42. The molecule has 182 valence electrons. The number of likely N-dealkylation sites (N-methyl/N-ethyl adjacent to an activating group) is 1. The molecule has 0 saturated carbocycles. The Morgan fingerprint density at radius 1 is 1.12 bits per heavy atom. The SMILES string of the molecule is COc1ccc([C@H]2CC(c3ccccc3F)=NN2C(=O)CN(C)C(=O)CC(C)(C)C)cc1OC. The first kappa shape index (κ1) is 25.2. The zero-order valence-corrected chi connectivity index (χ0v) is 20.6. The second-order valence-electron chi connectivity index (χ2n) is 9.59. The van der Waals surface area contributed by atoms with Gasteiger partial charge in [-0.1, -0.05) is 45.0 Å².